The molecule has 0 saturated heterocycles. The van der Waals surface area contributed by atoms with Gasteiger partial charge in [0.05, 0.1) is 11.6 Å². The zero-order chi connectivity index (χ0) is 21.8. The molecule has 3 aromatic carbocycles. The van der Waals surface area contributed by atoms with Crippen molar-refractivity contribution in [1.29, 1.82) is 0 Å². The van der Waals surface area contributed by atoms with E-state index in [2.05, 4.69) is 34.5 Å². The molecule has 5 rings (SSSR count). The lowest BCUT2D eigenvalue weighted by Gasteiger charge is -2.25. The van der Waals surface area contributed by atoms with Crippen molar-refractivity contribution in [2.24, 2.45) is 0 Å². The van der Waals surface area contributed by atoms with E-state index in [-0.39, 0.29) is 11.8 Å². The fraction of sp³-hybridized carbons (Fsp3) is 0.185. The van der Waals surface area contributed by atoms with Crippen LogP contribution in [0.3, 0.4) is 0 Å². The van der Waals surface area contributed by atoms with Crippen LogP contribution < -0.4 is 5.32 Å². The summed E-state index contributed by atoms with van der Waals surface area (Å²) in [7, 11) is 0. The van der Waals surface area contributed by atoms with Gasteiger partial charge in [0, 0.05) is 30.9 Å². The van der Waals surface area contributed by atoms with Crippen LogP contribution in [0.15, 0.2) is 91.0 Å². The first-order valence-electron chi connectivity index (χ1n) is 10.9. The highest BCUT2D eigenvalue weighted by Crippen LogP contribution is 2.31. The lowest BCUT2D eigenvalue weighted by molar-refractivity contribution is -0.116. The molecule has 1 aromatic heterocycles. The van der Waals surface area contributed by atoms with E-state index in [0.29, 0.717) is 5.13 Å². The van der Waals surface area contributed by atoms with E-state index in [1.165, 1.54) is 10.4 Å². The summed E-state index contributed by atoms with van der Waals surface area (Å²) in [6.07, 6.45) is 0.912. The van der Waals surface area contributed by atoms with Gasteiger partial charge in [0.25, 0.3) is 0 Å². The number of amides is 1. The number of hydrogen-bond acceptors (Lipinski definition) is 4. The molecule has 0 spiro atoms. The number of aromatic nitrogens is 1. The smallest absolute Gasteiger partial charge is 0.238 e. The molecule has 160 valence electrons. The number of anilines is 1. The molecule has 4 aromatic rings. The van der Waals surface area contributed by atoms with Gasteiger partial charge in [-0.3, -0.25) is 9.69 Å². The summed E-state index contributed by atoms with van der Waals surface area (Å²) < 4.78 is 0. The zero-order valence-corrected chi connectivity index (χ0v) is 18.6. The number of carbonyl (C=O) groups excluding carboxylic acids is 1. The highest BCUT2D eigenvalue weighted by atomic mass is 32.1. The number of fused-ring (bicyclic) bond motifs is 1. The number of hydrogen-bond donors (Lipinski definition) is 1. The Morgan fingerprint density at radius 2 is 1.50 bits per heavy atom. The molecule has 1 N–H and O–H groups in total. The number of carbonyl (C=O) groups is 1. The van der Waals surface area contributed by atoms with Crippen LogP contribution in [0.5, 0.6) is 0 Å². The standard InChI is InChI=1S/C27H25N3OS/c31-26(25(21-12-6-2-7-13-21)22-14-8-3-9-15-22)29-27-28-23-16-17-30(19-24(23)32-27)18-20-10-4-1-5-11-20/h1-15,25H,16-19H2,(H,28,29,31). The largest absolute Gasteiger partial charge is 0.301 e. The number of thiazole rings is 1. The second-order valence-electron chi connectivity index (χ2n) is 8.08. The van der Waals surface area contributed by atoms with E-state index in [9.17, 15) is 4.79 Å². The number of benzene rings is 3. The third kappa shape index (κ3) is 4.64. The van der Waals surface area contributed by atoms with Crippen LogP contribution >= 0.6 is 11.3 Å². The van der Waals surface area contributed by atoms with Crippen molar-refractivity contribution in [2.75, 3.05) is 11.9 Å². The van der Waals surface area contributed by atoms with E-state index < -0.39 is 0 Å². The summed E-state index contributed by atoms with van der Waals surface area (Å²) >= 11 is 1.60. The minimum atomic E-state index is -0.368. The van der Waals surface area contributed by atoms with Crippen LogP contribution in [-0.4, -0.2) is 22.3 Å². The molecule has 5 heteroatoms. The number of nitrogens with zero attached hydrogens (tertiary/aromatic N) is 2. The zero-order valence-electron chi connectivity index (χ0n) is 17.8. The normalized spacial score (nSPS) is 13.7. The van der Waals surface area contributed by atoms with Crippen molar-refractivity contribution in [1.82, 2.24) is 9.88 Å². The Labute approximate surface area is 192 Å². The summed E-state index contributed by atoms with van der Waals surface area (Å²) in [5.74, 6) is -0.414. The van der Waals surface area contributed by atoms with E-state index in [1.54, 1.807) is 11.3 Å². The van der Waals surface area contributed by atoms with Crippen molar-refractivity contribution in [2.45, 2.75) is 25.4 Å². The van der Waals surface area contributed by atoms with Crippen molar-refractivity contribution >= 4 is 22.4 Å². The Morgan fingerprint density at radius 1 is 0.906 bits per heavy atom. The van der Waals surface area contributed by atoms with Gasteiger partial charge in [-0.05, 0) is 16.7 Å². The molecular weight excluding hydrogens is 414 g/mol. The topological polar surface area (TPSA) is 45.2 Å². The van der Waals surface area contributed by atoms with Crippen molar-refractivity contribution in [3.05, 3.63) is 118 Å². The van der Waals surface area contributed by atoms with Crippen LogP contribution in [-0.2, 0) is 24.3 Å². The van der Waals surface area contributed by atoms with Gasteiger partial charge in [-0.1, -0.05) is 91.0 Å². The van der Waals surface area contributed by atoms with Crippen LogP contribution in [0, 0.1) is 0 Å². The number of nitrogens with one attached hydrogen (secondary N) is 1. The molecule has 1 aliphatic heterocycles. The molecule has 32 heavy (non-hydrogen) atoms. The molecule has 1 aliphatic rings. The molecule has 4 nitrogen and oxygen atoms in total. The van der Waals surface area contributed by atoms with Gasteiger partial charge in [-0.25, -0.2) is 4.98 Å². The molecule has 0 saturated carbocycles. The van der Waals surface area contributed by atoms with Crippen molar-refractivity contribution in [3.8, 4) is 0 Å². The van der Waals surface area contributed by atoms with Gasteiger partial charge in [0.2, 0.25) is 5.91 Å². The SMILES string of the molecule is O=C(Nc1nc2c(s1)CN(Cc1ccccc1)CC2)C(c1ccccc1)c1ccccc1. The maximum Gasteiger partial charge on any atom is 0.238 e. The fourth-order valence-corrected chi connectivity index (χ4v) is 5.30. The van der Waals surface area contributed by atoms with Gasteiger partial charge in [0.1, 0.15) is 0 Å². The van der Waals surface area contributed by atoms with Crippen LogP contribution in [0.25, 0.3) is 0 Å². The van der Waals surface area contributed by atoms with Crippen LogP contribution in [0.2, 0.25) is 0 Å². The molecule has 0 unspecified atom stereocenters. The minimum Gasteiger partial charge on any atom is -0.301 e. The van der Waals surface area contributed by atoms with Gasteiger partial charge in [-0.15, -0.1) is 11.3 Å². The summed E-state index contributed by atoms with van der Waals surface area (Å²) in [6.45, 7) is 2.79. The van der Waals surface area contributed by atoms with E-state index >= 15 is 0 Å². The molecule has 0 bridgehead atoms. The Morgan fingerprint density at radius 3 is 2.12 bits per heavy atom. The quantitative estimate of drug-likeness (QED) is 0.433. The first-order chi connectivity index (χ1) is 15.8. The molecular formula is C27H25N3OS. The molecule has 0 atom stereocenters. The van der Waals surface area contributed by atoms with Crippen molar-refractivity contribution < 1.29 is 4.79 Å². The maximum absolute atomic E-state index is 13.4. The van der Waals surface area contributed by atoms with E-state index in [4.69, 9.17) is 4.98 Å². The molecule has 1 amide bonds. The fourth-order valence-electron chi connectivity index (χ4n) is 4.24. The second kappa shape index (κ2) is 9.47. The third-order valence-corrected chi connectivity index (χ3v) is 6.82. The third-order valence-electron chi connectivity index (χ3n) is 5.82. The monoisotopic (exact) mass is 439 g/mol. The van der Waals surface area contributed by atoms with Crippen LogP contribution in [0.4, 0.5) is 5.13 Å². The number of rotatable bonds is 6. The van der Waals surface area contributed by atoms with Crippen LogP contribution in [0.1, 0.15) is 33.2 Å². The lowest BCUT2D eigenvalue weighted by atomic mass is 9.90. The second-order valence-corrected chi connectivity index (χ2v) is 9.16. The van der Waals surface area contributed by atoms with E-state index in [1.807, 2.05) is 66.7 Å². The first-order valence-corrected chi connectivity index (χ1v) is 11.7. The average molecular weight is 440 g/mol. The highest BCUT2D eigenvalue weighted by molar-refractivity contribution is 7.15. The molecule has 2 heterocycles. The van der Waals surface area contributed by atoms with Gasteiger partial charge >= 0.3 is 0 Å². The highest BCUT2D eigenvalue weighted by Gasteiger charge is 2.26. The first kappa shape index (κ1) is 20.6. The summed E-state index contributed by atoms with van der Waals surface area (Å²) in [6, 6.07) is 30.4. The molecule has 0 radical (unpaired) electrons. The predicted molar refractivity (Wildman–Crippen MR) is 130 cm³/mol. The summed E-state index contributed by atoms with van der Waals surface area (Å²) in [5, 5.41) is 3.80. The maximum atomic E-state index is 13.4. The Bertz CT molecular complexity index is 1140. The van der Waals surface area contributed by atoms with E-state index in [0.717, 1.165) is 42.9 Å². The predicted octanol–water partition coefficient (Wildman–Crippen LogP) is 5.47. The lowest BCUT2D eigenvalue weighted by Crippen LogP contribution is -2.29. The molecule has 0 fully saturated rings. The Hall–Kier alpha value is -3.28. The van der Waals surface area contributed by atoms with Gasteiger partial charge in [0.15, 0.2) is 5.13 Å². The summed E-state index contributed by atoms with van der Waals surface area (Å²) in [4.78, 5) is 21.8. The van der Waals surface area contributed by atoms with Gasteiger partial charge < -0.3 is 5.32 Å². The minimum absolute atomic E-state index is 0.0466. The molecule has 0 aliphatic carbocycles. The van der Waals surface area contributed by atoms with Gasteiger partial charge in [-0.2, -0.15) is 0 Å². The Balaban J connectivity index is 1.32. The van der Waals surface area contributed by atoms with Crippen molar-refractivity contribution in [3.63, 3.8) is 0 Å². The summed E-state index contributed by atoms with van der Waals surface area (Å²) in [5.41, 5.74) is 4.39. The average Bonchev–Trinajstić information content (AvgIpc) is 3.23. The Kier molecular flexibility index (Phi) is 6.10.